The van der Waals surface area contributed by atoms with E-state index in [0.717, 1.165) is 37.5 Å². The van der Waals surface area contributed by atoms with Crippen LogP contribution >= 0.6 is 0 Å². The molecule has 1 aliphatic carbocycles. The largest absolute Gasteiger partial charge is 0.293 e. The lowest BCUT2D eigenvalue weighted by molar-refractivity contribution is -0.120. The first-order valence-electron chi connectivity index (χ1n) is 8.88. The fourth-order valence-electron chi connectivity index (χ4n) is 3.25. The molecule has 0 bridgehead atoms. The third-order valence-electron chi connectivity index (χ3n) is 4.44. The highest BCUT2D eigenvalue weighted by atomic mass is 28.3. The zero-order chi connectivity index (χ0) is 16.9. The molecule has 0 aromatic heterocycles. The van der Waals surface area contributed by atoms with Crippen LogP contribution in [0, 0.1) is 0 Å². The first-order chi connectivity index (χ1) is 10.9. The first kappa shape index (κ1) is 18.1. The van der Waals surface area contributed by atoms with Crippen LogP contribution in [0.5, 0.6) is 0 Å². The van der Waals surface area contributed by atoms with Gasteiger partial charge in [-0.05, 0) is 49.9 Å². The lowest BCUT2D eigenvalue weighted by Crippen LogP contribution is -2.47. The standard InChI is InChI=1S/C20H31NOSi/c1-17(20(22)19-13-9-6-10-14-19)21(16-23(2,3)4)15-18-11-7-5-8-12-18/h5,7-8,11-13,17H,6,9-10,14-16H2,1-4H3/t17-/m0/s1. The Bertz CT molecular complexity index is 545. The van der Waals surface area contributed by atoms with E-state index in [1.54, 1.807) is 0 Å². The molecular weight excluding hydrogens is 298 g/mol. The zero-order valence-electron chi connectivity index (χ0n) is 15.1. The van der Waals surface area contributed by atoms with Gasteiger partial charge in [-0.15, -0.1) is 0 Å². The molecule has 0 unspecified atom stereocenters. The summed E-state index contributed by atoms with van der Waals surface area (Å²) in [7, 11) is -1.28. The van der Waals surface area contributed by atoms with Crippen molar-refractivity contribution in [3.05, 3.63) is 47.5 Å². The zero-order valence-corrected chi connectivity index (χ0v) is 16.1. The Hall–Kier alpha value is -1.19. The highest BCUT2D eigenvalue weighted by Gasteiger charge is 2.28. The van der Waals surface area contributed by atoms with Crippen LogP contribution in [-0.4, -0.2) is 31.0 Å². The number of allylic oxidation sites excluding steroid dienone is 1. The second-order valence-corrected chi connectivity index (χ2v) is 13.4. The van der Waals surface area contributed by atoms with E-state index in [9.17, 15) is 4.79 Å². The molecule has 0 amide bonds. The van der Waals surface area contributed by atoms with Gasteiger partial charge in [-0.3, -0.25) is 9.69 Å². The molecule has 0 fully saturated rings. The molecule has 23 heavy (non-hydrogen) atoms. The van der Waals surface area contributed by atoms with E-state index in [4.69, 9.17) is 0 Å². The van der Waals surface area contributed by atoms with E-state index in [2.05, 4.69) is 61.8 Å². The quantitative estimate of drug-likeness (QED) is 0.668. The Labute approximate surface area is 142 Å². The van der Waals surface area contributed by atoms with Gasteiger partial charge in [0.05, 0.1) is 14.1 Å². The van der Waals surface area contributed by atoms with Crippen LogP contribution in [0.1, 0.15) is 38.2 Å². The van der Waals surface area contributed by atoms with Crippen molar-refractivity contribution >= 4 is 13.9 Å². The van der Waals surface area contributed by atoms with Crippen molar-refractivity contribution in [3.63, 3.8) is 0 Å². The predicted molar refractivity (Wildman–Crippen MR) is 101 cm³/mol. The van der Waals surface area contributed by atoms with Crippen molar-refractivity contribution < 1.29 is 4.79 Å². The van der Waals surface area contributed by atoms with Gasteiger partial charge in [0.15, 0.2) is 5.78 Å². The molecule has 0 aliphatic heterocycles. The lowest BCUT2D eigenvalue weighted by atomic mass is 9.93. The fourth-order valence-corrected chi connectivity index (χ4v) is 4.86. The molecule has 0 saturated heterocycles. The Balaban J connectivity index is 2.14. The van der Waals surface area contributed by atoms with Gasteiger partial charge in [-0.1, -0.05) is 56.0 Å². The normalized spacial score (nSPS) is 17.0. The number of nitrogens with zero attached hydrogens (tertiary/aromatic N) is 1. The Morgan fingerprint density at radius 2 is 1.87 bits per heavy atom. The predicted octanol–water partition coefficient (Wildman–Crippen LogP) is 4.82. The van der Waals surface area contributed by atoms with Gasteiger partial charge in [0.25, 0.3) is 0 Å². The summed E-state index contributed by atoms with van der Waals surface area (Å²) in [6, 6.07) is 10.5. The second kappa shape index (κ2) is 8.07. The third-order valence-corrected chi connectivity index (χ3v) is 5.80. The topological polar surface area (TPSA) is 20.3 Å². The van der Waals surface area contributed by atoms with E-state index in [-0.39, 0.29) is 6.04 Å². The molecule has 1 aromatic rings. The Morgan fingerprint density at radius 3 is 2.43 bits per heavy atom. The third kappa shape index (κ3) is 5.74. The molecule has 1 atom stereocenters. The summed E-state index contributed by atoms with van der Waals surface area (Å²) in [6.07, 6.45) is 7.67. The number of hydrogen-bond donors (Lipinski definition) is 0. The maximum Gasteiger partial charge on any atom is 0.175 e. The van der Waals surface area contributed by atoms with Gasteiger partial charge in [0.1, 0.15) is 0 Å². The molecule has 1 aromatic carbocycles. The summed E-state index contributed by atoms with van der Waals surface area (Å²) in [4.78, 5) is 15.3. The van der Waals surface area contributed by atoms with Crippen LogP contribution in [0.4, 0.5) is 0 Å². The molecule has 0 N–H and O–H groups in total. The Morgan fingerprint density at radius 1 is 1.17 bits per heavy atom. The minimum absolute atomic E-state index is 0.0220. The van der Waals surface area contributed by atoms with Gasteiger partial charge < -0.3 is 0 Å². The highest BCUT2D eigenvalue weighted by molar-refractivity contribution is 6.76. The molecule has 1 aliphatic rings. The molecule has 0 radical (unpaired) electrons. The van der Waals surface area contributed by atoms with Crippen molar-refractivity contribution in [2.45, 2.75) is 64.8 Å². The van der Waals surface area contributed by atoms with E-state index >= 15 is 0 Å². The van der Waals surface area contributed by atoms with Crippen molar-refractivity contribution in [2.75, 3.05) is 6.17 Å². The van der Waals surface area contributed by atoms with Crippen LogP contribution in [0.25, 0.3) is 0 Å². The molecule has 3 heteroatoms. The molecule has 0 heterocycles. The Kier molecular flexibility index (Phi) is 6.37. The van der Waals surface area contributed by atoms with E-state index in [0.29, 0.717) is 5.78 Å². The van der Waals surface area contributed by atoms with Crippen LogP contribution in [0.2, 0.25) is 19.6 Å². The van der Waals surface area contributed by atoms with E-state index in [1.165, 1.54) is 12.0 Å². The van der Waals surface area contributed by atoms with Crippen LogP contribution in [0.3, 0.4) is 0 Å². The molecule has 126 valence electrons. The summed E-state index contributed by atoms with van der Waals surface area (Å²) < 4.78 is 0. The maximum atomic E-state index is 12.9. The van der Waals surface area contributed by atoms with Crippen LogP contribution in [0.15, 0.2) is 42.0 Å². The highest BCUT2D eigenvalue weighted by Crippen LogP contribution is 2.22. The smallest absolute Gasteiger partial charge is 0.175 e. The van der Waals surface area contributed by atoms with Gasteiger partial charge in [-0.25, -0.2) is 0 Å². The summed E-state index contributed by atoms with van der Waals surface area (Å²) in [5.41, 5.74) is 2.36. The fraction of sp³-hybridized carbons (Fsp3) is 0.550. The van der Waals surface area contributed by atoms with Gasteiger partial charge in [0, 0.05) is 6.54 Å². The minimum Gasteiger partial charge on any atom is -0.293 e. The number of carbonyl (C=O) groups is 1. The van der Waals surface area contributed by atoms with Crippen LogP contribution in [-0.2, 0) is 11.3 Å². The van der Waals surface area contributed by atoms with Crippen LogP contribution < -0.4 is 0 Å². The summed E-state index contributed by atoms with van der Waals surface area (Å²) in [5, 5.41) is 0. The number of Topliss-reactive ketones (excluding diaryl/α,β-unsaturated/α-hetero) is 1. The number of rotatable bonds is 7. The number of benzene rings is 1. The van der Waals surface area contributed by atoms with Gasteiger partial charge in [0.2, 0.25) is 0 Å². The van der Waals surface area contributed by atoms with Crippen molar-refractivity contribution in [3.8, 4) is 0 Å². The average molecular weight is 330 g/mol. The number of carbonyl (C=O) groups excluding carboxylic acids is 1. The van der Waals surface area contributed by atoms with E-state index < -0.39 is 8.07 Å². The molecule has 0 spiro atoms. The molecule has 2 rings (SSSR count). The lowest BCUT2D eigenvalue weighted by Gasteiger charge is -2.34. The molecule has 0 saturated carbocycles. The van der Waals surface area contributed by atoms with Crippen molar-refractivity contribution in [1.82, 2.24) is 4.90 Å². The number of ketones is 1. The number of hydrogen-bond acceptors (Lipinski definition) is 2. The minimum atomic E-state index is -1.28. The summed E-state index contributed by atoms with van der Waals surface area (Å²) in [6.45, 7) is 10.1. The van der Waals surface area contributed by atoms with Crippen molar-refractivity contribution in [1.29, 1.82) is 0 Å². The van der Waals surface area contributed by atoms with Gasteiger partial charge in [-0.2, -0.15) is 0 Å². The second-order valence-electron chi connectivity index (χ2n) is 7.97. The van der Waals surface area contributed by atoms with Gasteiger partial charge >= 0.3 is 0 Å². The summed E-state index contributed by atoms with van der Waals surface area (Å²) in [5.74, 6) is 0.346. The van der Waals surface area contributed by atoms with Crippen molar-refractivity contribution in [2.24, 2.45) is 0 Å². The monoisotopic (exact) mass is 329 g/mol. The van der Waals surface area contributed by atoms with E-state index in [1.807, 2.05) is 6.07 Å². The summed E-state index contributed by atoms with van der Waals surface area (Å²) >= 11 is 0. The molecule has 2 nitrogen and oxygen atoms in total. The average Bonchev–Trinajstić information content (AvgIpc) is 2.53. The first-order valence-corrected chi connectivity index (χ1v) is 12.6. The maximum absolute atomic E-state index is 12.9. The molecular formula is C20H31NOSi. The SMILES string of the molecule is C[C@@H](C(=O)C1=CCCCC1)N(Cc1ccccc1)C[Si](C)(C)C.